The number of benzene rings is 1. The third-order valence-corrected chi connectivity index (χ3v) is 2.57. The summed E-state index contributed by atoms with van der Waals surface area (Å²) in [5, 5.41) is 10.1. The van der Waals surface area contributed by atoms with Crippen molar-refractivity contribution in [3.8, 4) is 0 Å². The van der Waals surface area contributed by atoms with E-state index in [4.69, 9.17) is 11.6 Å². The van der Waals surface area contributed by atoms with Gasteiger partial charge in [0.05, 0.1) is 10.5 Å². The van der Waals surface area contributed by atoms with Gasteiger partial charge < -0.3 is 4.90 Å². The molecule has 0 aliphatic carbocycles. The minimum Gasteiger partial charge on any atom is -0.333 e. The molecule has 0 radical (unpaired) electrons. The van der Waals surface area contributed by atoms with Crippen LogP contribution < -0.4 is 0 Å². The third-order valence-electron chi connectivity index (χ3n) is 2.17. The fraction of sp³-hybridized carbons (Fsp3) is 0.300. The van der Waals surface area contributed by atoms with Crippen molar-refractivity contribution in [2.75, 3.05) is 13.6 Å². The number of nitro groups is 1. The van der Waals surface area contributed by atoms with Crippen molar-refractivity contribution in [1.29, 1.82) is 0 Å². The standard InChI is InChI=1S/C10H8ClF3N2O3/c1-15(5-10(12,13)14)9(17)6-3-2-4-7(8(6)11)16(18)19/h2-4H,5H2,1H3. The van der Waals surface area contributed by atoms with E-state index >= 15 is 0 Å². The average Bonchev–Trinajstić information content (AvgIpc) is 2.25. The van der Waals surface area contributed by atoms with Crippen LogP contribution in [0, 0.1) is 10.1 Å². The van der Waals surface area contributed by atoms with Crippen LogP contribution in [-0.4, -0.2) is 35.5 Å². The molecule has 1 aromatic rings. The van der Waals surface area contributed by atoms with Crippen molar-refractivity contribution < 1.29 is 22.9 Å². The van der Waals surface area contributed by atoms with Gasteiger partial charge in [0.15, 0.2) is 0 Å². The van der Waals surface area contributed by atoms with Crippen LogP contribution in [0.25, 0.3) is 0 Å². The summed E-state index contributed by atoms with van der Waals surface area (Å²) in [6.07, 6.45) is -4.56. The van der Waals surface area contributed by atoms with Crippen LogP contribution in [-0.2, 0) is 0 Å². The summed E-state index contributed by atoms with van der Waals surface area (Å²) in [5.74, 6) is -1.04. The Balaban J connectivity index is 3.07. The average molecular weight is 297 g/mol. The van der Waals surface area contributed by atoms with Crippen molar-refractivity contribution in [3.05, 3.63) is 38.9 Å². The number of hydrogen-bond acceptors (Lipinski definition) is 3. The highest BCUT2D eigenvalue weighted by molar-refractivity contribution is 6.35. The number of rotatable bonds is 3. The zero-order valence-corrected chi connectivity index (χ0v) is 10.3. The fourth-order valence-electron chi connectivity index (χ4n) is 1.37. The van der Waals surface area contributed by atoms with E-state index in [-0.39, 0.29) is 5.56 Å². The highest BCUT2D eigenvalue weighted by Crippen LogP contribution is 2.29. The molecule has 0 bridgehead atoms. The molecule has 0 unspecified atom stereocenters. The number of halogens is 4. The smallest absolute Gasteiger partial charge is 0.333 e. The van der Waals surface area contributed by atoms with E-state index in [1.54, 1.807) is 0 Å². The second kappa shape index (κ2) is 5.43. The van der Waals surface area contributed by atoms with E-state index in [9.17, 15) is 28.1 Å². The summed E-state index contributed by atoms with van der Waals surface area (Å²) in [4.78, 5) is 21.9. The molecule has 0 atom stereocenters. The van der Waals surface area contributed by atoms with Crippen LogP contribution in [0.4, 0.5) is 18.9 Å². The van der Waals surface area contributed by atoms with E-state index in [0.717, 1.165) is 19.2 Å². The van der Waals surface area contributed by atoms with E-state index in [1.165, 1.54) is 6.07 Å². The number of nitro benzene ring substituents is 1. The lowest BCUT2D eigenvalue weighted by Gasteiger charge is -2.19. The van der Waals surface area contributed by atoms with Gasteiger partial charge >= 0.3 is 6.18 Å². The summed E-state index contributed by atoms with van der Waals surface area (Å²) < 4.78 is 36.5. The van der Waals surface area contributed by atoms with Crippen LogP contribution in [0.15, 0.2) is 18.2 Å². The maximum atomic E-state index is 12.2. The predicted molar refractivity (Wildman–Crippen MR) is 61.1 cm³/mol. The van der Waals surface area contributed by atoms with Crippen LogP contribution in [0.3, 0.4) is 0 Å². The van der Waals surface area contributed by atoms with Crippen molar-refractivity contribution >= 4 is 23.2 Å². The van der Waals surface area contributed by atoms with Gasteiger partial charge in [-0.3, -0.25) is 14.9 Å². The summed E-state index contributed by atoms with van der Waals surface area (Å²) in [6.45, 7) is -1.47. The van der Waals surface area contributed by atoms with Crippen LogP contribution >= 0.6 is 11.6 Å². The maximum Gasteiger partial charge on any atom is 0.406 e. The molecule has 0 spiro atoms. The van der Waals surface area contributed by atoms with E-state index < -0.39 is 34.3 Å². The number of carbonyl (C=O) groups is 1. The SMILES string of the molecule is CN(CC(F)(F)F)C(=O)c1cccc([N+](=O)[O-])c1Cl. The first kappa shape index (κ1) is 15.2. The van der Waals surface area contributed by atoms with E-state index in [0.29, 0.717) is 4.90 Å². The summed E-state index contributed by atoms with van der Waals surface area (Å²) in [5.41, 5.74) is -0.879. The molecule has 1 aromatic carbocycles. The third kappa shape index (κ3) is 3.82. The zero-order valence-electron chi connectivity index (χ0n) is 9.57. The molecule has 0 heterocycles. The van der Waals surface area contributed by atoms with Crippen LogP contribution in [0.2, 0.25) is 5.02 Å². The largest absolute Gasteiger partial charge is 0.406 e. The molecule has 0 fully saturated rings. The molecule has 5 nitrogen and oxygen atoms in total. The van der Waals surface area contributed by atoms with Gasteiger partial charge in [-0.1, -0.05) is 17.7 Å². The summed E-state index contributed by atoms with van der Waals surface area (Å²) >= 11 is 5.64. The highest BCUT2D eigenvalue weighted by Gasteiger charge is 2.32. The Kier molecular flexibility index (Phi) is 4.35. The first-order valence-corrected chi connectivity index (χ1v) is 5.26. The Morgan fingerprint density at radius 1 is 1.47 bits per heavy atom. The number of amides is 1. The normalized spacial score (nSPS) is 11.2. The zero-order chi connectivity index (χ0) is 14.8. The van der Waals surface area contributed by atoms with Gasteiger partial charge in [0.25, 0.3) is 11.6 Å². The number of hydrogen-bond donors (Lipinski definition) is 0. The Hall–Kier alpha value is -1.83. The first-order valence-electron chi connectivity index (χ1n) is 4.88. The molecular formula is C10H8ClF3N2O3. The molecule has 1 amide bonds. The van der Waals surface area contributed by atoms with Crippen molar-refractivity contribution in [2.45, 2.75) is 6.18 Å². The van der Waals surface area contributed by atoms with Crippen LogP contribution in [0.5, 0.6) is 0 Å². The molecule has 0 N–H and O–H groups in total. The lowest BCUT2D eigenvalue weighted by Crippen LogP contribution is -2.36. The molecule has 0 saturated heterocycles. The lowest BCUT2D eigenvalue weighted by atomic mass is 10.1. The molecular weight excluding hydrogens is 289 g/mol. The monoisotopic (exact) mass is 296 g/mol. The van der Waals surface area contributed by atoms with Crippen molar-refractivity contribution in [3.63, 3.8) is 0 Å². The Bertz CT molecular complexity index is 519. The Labute approximate surface area is 110 Å². The minimum absolute atomic E-state index is 0.345. The summed E-state index contributed by atoms with van der Waals surface area (Å²) in [6, 6.07) is 3.37. The minimum atomic E-state index is -4.56. The number of carbonyl (C=O) groups excluding carboxylic acids is 1. The lowest BCUT2D eigenvalue weighted by molar-refractivity contribution is -0.384. The molecule has 1 rings (SSSR count). The van der Waals surface area contributed by atoms with Gasteiger partial charge in [-0.15, -0.1) is 0 Å². The van der Waals surface area contributed by atoms with Gasteiger partial charge in [-0.2, -0.15) is 13.2 Å². The van der Waals surface area contributed by atoms with Gasteiger partial charge in [-0.05, 0) is 6.07 Å². The Morgan fingerprint density at radius 3 is 2.53 bits per heavy atom. The quantitative estimate of drug-likeness (QED) is 0.636. The van der Waals surface area contributed by atoms with Gasteiger partial charge in [0, 0.05) is 13.1 Å². The molecule has 0 saturated carbocycles. The second-order valence-electron chi connectivity index (χ2n) is 3.67. The molecule has 0 aromatic heterocycles. The summed E-state index contributed by atoms with van der Waals surface area (Å²) in [7, 11) is 0.936. The molecule has 104 valence electrons. The second-order valence-corrected chi connectivity index (χ2v) is 4.05. The number of alkyl halides is 3. The number of nitrogens with zero attached hydrogens (tertiary/aromatic N) is 2. The Morgan fingerprint density at radius 2 is 2.05 bits per heavy atom. The highest BCUT2D eigenvalue weighted by atomic mass is 35.5. The predicted octanol–water partition coefficient (Wildman–Crippen LogP) is 2.88. The van der Waals surface area contributed by atoms with Gasteiger partial charge in [0.1, 0.15) is 11.6 Å². The van der Waals surface area contributed by atoms with Crippen molar-refractivity contribution in [2.24, 2.45) is 0 Å². The topological polar surface area (TPSA) is 63.5 Å². The van der Waals surface area contributed by atoms with E-state index in [2.05, 4.69) is 0 Å². The van der Waals surface area contributed by atoms with E-state index in [1.807, 2.05) is 0 Å². The fourth-order valence-corrected chi connectivity index (χ4v) is 1.65. The molecule has 19 heavy (non-hydrogen) atoms. The van der Waals surface area contributed by atoms with Crippen molar-refractivity contribution in [1.82, 2.24) is 4.90 Å². The van der Waals surface area contributed by atoms with Gasteiger partial charge in [-0.25, -0.2) is 0 Å². The van der Waals surface area contributed by atoms with Gasteiger partial charge in [0.2, 0.25) is 0 Å². The first-order chi connectivity index (χ1) is 8.63. The maximum absolute atomic E-state index is 12.2. The molecule has 0 aliphatic rings. The molecule has 0 aliphatic heterocycles. The molecule has 9 heteroatoms. The van der Waals surface area contributed by atoms with Crippen LogP contribution in [0.1, 0.15) is 10.4 Å².